The van der Waals surface area contributed by atoms with Crippen molar-refractivity contribution in [1.82, 2.24) is 21.3 Å². The Morgan fingerprint density at radius 1 is 1.12 bits per heavy atom. The van der Waals surface area contributed by atoms with Gasteiger partial charge in [-0.05, 0) is 39.2 Å². The van der Waals surface area contributed by atoms with E-state index < -0.39 is 17.7 Å². The number of hydrogen-bond donors (Lipinski definition) is 4. The first-order valence-electron chi connectivity index (χ1n) is 9.57. The lowest BCUT2D eigenvalue weighted by Crippen LogP contribution is -2.53. The summed E-state index contributed by atoms with van der Waals surface area (Å²) in [5, 5.41) is 10.9. The van der Waals surface area contributed by atoms with E-state index in [9.17, 15) is 19.2 Å². The highest BCUT2D eigenvalue weighted by Gasteiger charge is 2.33. The summed E-state index contributed by atoms with van der Waals surface area (Å²) in [6.45, 7) is 0.674. The minimum absolute atomic E-state index is 0.0202. The number of rotatable bonds is 8. The van der Waals surface area contributed by atoms with Crippen molar-refractivity contribution in [3.63, 3.8) is 0 Å². The third-order valence-corrected chi connectivity index (χ3v) is 5.07. The summed E-state index contributed by atoms with van der Waals surface area (Å²) >= 11 is 0. The molecule has 0 bridgehead atoms. The molecule has 1 saturated carbocycles. The monoisotopic (exact) mass is 366 g/mol. The molecule has 26 heavy (non-hydrogen) atoms. The summed E-state index contributed by atoms with van der Waals surface area (Å²) in [5.41, 5.74) is 0. The van der Waals surface area contributed by atoms with E-state index in [1.165, 1.54) is 0 Å². The zero-order valence-electron chi connectivity index (χ0n) is 15.4. The van der Waals surface area contributed by atoms with E-state index in [1.54, 1.807) is 7.05 Å². The van der Waals surface area contributed by atoms with Gasteiger partial charge >= 0.3 is 0 Å². The van der Waals surface area contributed by atoms with Gasteiger partial charge in [-0.15, -0.1) is 0 Å². The quantitative estimate of drug-likeness (QED) is 0.437. The van der Waals surface area contributed by atoms with Gasteiger partial charge in [-0.25, -0.2) is 0 Å². The molecule has 1 aliphatic heterocycles. The van der Waals surface area contributed by atoms with Crippen LogP contribution in [0, 0.1) is 5.92 Å². The van der Waals surface area contributed by atoms with Gasteiger partial charge in [0.1, 0.15) is 0 Å². The van der Waals surface area contributed by atoms with Gasteiger partial charge in [0.2, 0.25) is 17.6 Å². The van der Waals surface area contributed by atoms with Crippen LogP contribution in [-0.4, -0.2) is 55.7 Å². The van der Waals surface area contributed by atoms with Gasteiger partial charge in [-0.1, -0.05) is 19.3 Å². The molecule has 0 aromatic rings. The molecule has 8 nitrogen and oxygen atoms in total. The lowest BCUT2D eigenvalue weighted by Gasteiger charge is -2.27. The molecule has 0 aromatic carbocycles. The molecule has 2 rings (SSSR count). The average Bonchev–Trinajstić information content (AvgIpc) is 2.63. The van der Waals surface area contributed by atoms with E-state index in [0.29, 0.717) is 13.0 Å². The van der Waals surface area contributed by atoms with E-state index in [-0.39, 0.29) is 36.7 Å². The first-order chi connectivity index (χ1) is 12.5. The van der Waals surface area contributed by atoms with Crippen molar-refractivity contribution in [1.29, 1.82) is 0 Å². The predicted molar refractivity (Wildman–Crippen MR) is 96.2 cm³/mol. The maximum Gasteiger partial charge on any atom is 0.289 e. The molecule has 0 aromatic heterocycles. The van der Waals surface area contributed by atoms with E-state index >= 15 is 0 Å². The SMILES string of the molecule is CNCC(=O)NC(CC1CCCNC1=O)C(=O)C(=O)NC1CCCCC1. The van der Waals surface area contributed by atoms with Crippen molar-refractivity contribution in [2.45, 2.75) is 63.5 Å². The zero-order valence-corrected chi connectivity index (χ0v) is 15.4. The third-order valence-electron chi connectivity index (χ3n) is 5.07. The zero-order chi connectivity index (χ0) is 18.9. The smallest absolute Gasteiger partial charge is 0.289 e. The Balaban J connectivity index is 1.99. The van der Waals surface area contributed by atoms with Gasteiger partial charge in [0.05, 0.1) is 12.6 Å². The van der Waals surface area contributed by atoms with Crippen LogP contribution in [0.2, 0.25) is 0 Å². The molecule has 0 radical (unpaired) electrons. The Morgan fingerprint density at radius 2 is 1.85 bits per heavy atom. The first-order valence-corrected chi connectivity index (χ1v) is 9.57. The number of nitrogens with one attached hydrogen (secondary N) is 4. The summed E-state index contributed by atoms with van der Waals surface area (Å²) in [7, 11) is 1.63. The number of carbonyl (C=O) groups is 4. The molecular weight excluding hydrogens is 336 g/mol. The van der Waals surface area contributed by atoms with Gasteiger partial charge in [0.25, 0.3) is 5.91 Å². The summed E-state index contributed by atoms with van der Waals surface area (Å²) < 4.78 is 0. The maximum atomic E-state index is 12.7. The fourth-order valence-corrected chi connectivity index (χ4v) is 3.64. The van der Waals surface area contributed by atoms with E-state index in [1.807, 2.05) is 0 Å². The van der Waals surface area contributed by atoms with E-state index in [2.05, 4.69) is 21.3 Å². The Labute approximate surface area is 154 Å². The normalized spacial score (nSPS) is 22.2. The number of Topliss-reactive ketones (excluding diaryl/α,β-unsaturated/α-hetero) is 1. The van der Waals surface area contributed by atoms with Crippen LogP contribution >= 0.6 is 0 Å². The van der Waals surface area contributed by atoms with Crippen LogP contribution < -0.4 is 21.3 Å². The molecule has 146 valence electrons. The summed E-state index contributed by atoms with van der Waals surface area (Å²) in [6.07, 6.45) is 6.63. The van der Waals surface area contributed by atoms with Gasteiger partial charge in [0.15, 0.2) is 0 Å². The lowest BCUT2D eigenvalue weighted by molar-refractivity contribution is -0.141. The van der Waals surface area contributed by atoms with Crippen molar-refractivity contribution in [3.8, 4) is 0 Å². The maximum absolute atomic E-state index is 12.7. The second-order valence-corrected chi connectivity index (χ2v) is 7.19. The number of hydrogen-bond acceptors (Lipinski definition) is 5. The fourth-order valence-electron chi connectivity index (χ4n) is 3.64. The molecule has 1 aliphatic carbocycles. The van der Waals surface area contributed by atoms with Gasteiger partial charge in [-0.3, -0.25) is 19.2 Å². The van der Waals surface area contributed by atoms with Crippen molar-refractivity contribution >= 4 is 23.5 Å². The van der Waals surface area contributed by atoms with Crippen LogP contribution in [0.3, 0.4) is 0 Å². The molecular formula is C18H30N4O4. The molecule has 3 amide bonds. The third kappa shape index (κ3) is 6.09. The second-order valence-electron chi connectivity index (χ2n) is 7.19. The molecule has 1 heterocycles. The molecule has 2 fully saturated rings. The van der Waals surface area contributed by atoms with Crippen molar-refractivity contribution in [2.75, 3.05) is 20.1 Å². The molecule has 2 aliphatic rings. The number of ketones is 1. The highest BCUT2D eigenvalue weighted by atomic mass is 16.2. The number of piperidine rings is 1. The second kappa shape index (κ2) is 10.3. The van der Waals surface area contributed by atoms with E-state index in [0.717, 1.165) is 38.5 Å². The molecule has 2 unspecified atom stereocenters. The minimum Gasteiger partial charge on any atom is -0.356 e. The fraction of sp³-hybridized carbons (Fsp3) is 0.778. The van der Waals surface area contributed by atoms with Crippen LogP contribution in [0.4, 0.5) is 0 Å². The van der Waals surface area contributed by atoms with Crippen molar-refractivity contribution in [3.05, 3.63) is 0 Å². The number of carbonyl (C=O) groups excluding carboxylic acids is 4. The molecule has 0 spiro atoms. The Hall–Kier alpha value is -1.96. The van der Waals surface area contributed by atoms with Gasteiger partial charge in [-0.2, -0.15) is 0 Å². The molecule has 8 heteroatoms. The minimum atomic E-state index is -0.978. The number of amides is 3. The van der Waals surface area contributed by atoms with Gasteiger partial charge in [0, 0.05) is 18.5 Å². The van der Waals surface area contributed by atoms with Gasteiger partial charge < -0.3 is 21.3 Å². The highest BCUT2D eigenvalue weighted by molar-refractivity contribution is 6.38. The van der Waals surface area contributed by atoms with Crippen molar-refractivity contribution in [2.24, 2.45) is 5.92 Å². The van der Waals surface area contributed by atoms with Crippen LogP contribution in [0.15, 0.2) is 0 Å². The Morgan fingerprint density at radius 3 is 2.50 bits per heavy atom. The molecule has 1 saturated heterocycles. The number of likely N-dealkylation sites (N-methyl/N-ethyl adjacent to an activating group) is 1. The lowest BCUT2D eigenvalue weighted by atomic mass is 9.89. The van der Waals surface area contributed by atoms with Crippen LogP contribution in [0.25, 0.3) is 0 Å². The average molecular weight is 366 g/mol. The summed E-state index contributed by atoms with van der Waals surface area (Å²) in [6, 6.07) is -0.958. The topological polar surface area (TPSA) is 116 Å². The van der Waals surface area contributed by atoms with E-state index in [4.69, 9.17) is 0 Å². The first kappa shape index (κ1) is 20.4. The standard InChI is InChI=1S/C18H30N4O4/c1-19-11-15(23)22-14(10-12-6-5-9-20-17(12)25)16(24)18(26)21-13-7-3-2-4-8-13/h12-14,19H,2-11H2,1H3,(H,20,25)(H,21,26)(H,22,23). The Kier molecular flexibility index (Phi) is 8.03. The van der Waals surface area contributed by atoms with Crippen LogP contribution in [-0.2, 0) is 19.2 Å². The summed E-state index contributed by atoms with van der Waals surface area (Å²) in [4.78, 5) is 49.0. The van der Waals surface area contributed by atoms with Crippen molar-refractivity contribution < 1.29 is 19.2 Å². The summed E-state index contributed by atoms with van der Waals surface area (Å²) in [5.74, 6) is -2.19. The Bertz CT molecular complexity index is 531. The van der Waals surface area contributed by atoms with Crippen LogP contribution in [0.5, 0.6) is 0 Å². The predicted octanol–water partition coefficient (Wildman–Crippen LogP) is -0.375. The largest absolute Gasteiger partial charge is 0.356 e. The molecule has 4 N–H and O–H groups in total. The van der Waals surface area contributed by atoms with Crippen LogP contribution in [0.1, 0.15) is 51.4 Å². The molecule has 2 atom stereocenters. The highest BCUT2D eigenvalue weighted by Crippen LogP contribution is 2.19.